The van der Waals surface area contributed by atoms with Crippen molar-refractivity contribution in [1.29, 1.82) is 0 Å². The lowest BCUT2D eigenvalue weighted by molar-refractivity contribution is -0.139. The standard InChI is InChI=1S/C15H18ClF2NO2/c16-10-6-12(18)11(17)5-9(10)13(19)7-15(8-14(20)21)3-1-2-4-15/h5-6,13H,1-4,7-8,19H2,(H,20,21). The van der Waals surface area contributed by atoms with Crippen molar-refractivity contribution in [3.8, 4) is 0 Å². The van der Waals surface area contributed by atoms with Crippen molar-refractivity contribution in [1.82, 2.24) is 0 Å². The van der Waals surface area contributed by atoms with Crippen LogP contribution in [0.15, 0.2) is 12.1 Å². The SMILES string of the molecule is NC(CC1(CC(=O)O)CCCC1)c1cc(F)c(F)cc1Cl. The zero-order valence-electron chi connectivity index (χ0n) is 11.5. The van der Waals surface area contributed by atoms with Gasteiger partial charge in [0.15, 0.2) is 11.6 Å². The Morgan fingerprint density at radius 1 is 1.33 bits per heavy atom. The van der Waals surface area contributed by atoms with Crippen LogP contribution in [0.5, 0.6) is 0 Å². The summed E-state index contributed by atoms with van der Waals surface area (Å²) in [5, 5.41) is 9.16. The maximum Gasteiger partial charge on any atom is 0.303 e. The quantitative estimate of drug-likeness (QED) is 0.805. The van der Waals surface area contributed by atoms with Crippen LogP contribution in [0.3, 0.4) is 0 Å². The third-order valence-electron chi connectivity index (χ3n) is 4.28. The number of rotatable bonds is 5. The van der Waals surface area contributed by atoms with Gasteiger partial charge in [0, 0.05) is 11.1 Å². The van der Waals surface area contributed by atoms with E-state index in [1.807, 2.05) is 0 Å². The summed E-state index contributed by atoms with van der Waals surface area (Å²) in [6, 6.07) is 1.31. The number of carboxylic acid groups (broad SMARTS) is 1. The van der Waals surface area contributed by atoms with E-state index in [2.05, 4.69) is 0 Å². The predicted octanol–water partition coefficient (Wildman–Crippen LogP) is 4.04. The number of benzene rings is 1. The highest BCUT2D eigenvalue weighted by Crippen LogP contribution is 2.47. The van der Waals surface area contributed by atoms with Crippen molar-refractivity contribution in [2.24, 2.45) is 11.1 Å². The second-order valence-electron chi connectivity index (χ2n) is 5.88. The van der Waals surface area contributed by atoms with Gasteiger partial charge in [-0.2, -0.15) is 0 Å². The molecule has 21 heavy (non-hydrogen) atoms. The molecular formula is C15H18ClF2NO2. The molecule has 1 fully saturated rings. The van der Waals surface area contributed by atoms with Crippen molar-refractivity contribution in [2.45, 2.75) is 44.6 Å². The molecule has 2 rings (SSSR count). The van der Waals surface area contributed by atoms with Crippen LogP contribution in [0.4, 0.5) is 8.78 Å². The Bertz CT molecular complexity index is 545. The van der Waals surface area contributed by atoms with Crippen LogP contribution in [-0.4, -0.2) is 11.1 Å². The van der Waals surface area contributed by atoms with Crippen LogP contribution in [0.25, 0.3) is 0 Å². The summed E-state index contributed by atoms with van der Waals surface area (Å²) in [7, 11) is 0. The fourth-order valence-corrected chi connectivity index (χ4v) is 3.59. The molecule has 0 radical (unpaired) electrons. The van der Waals surface area contributed by atoms with Gasteiger partial charge in [0.1, 0.15) is 0 Å². The predicted molar refractivity (Wildman–Crippen MR) is 76.1 cm³/mol. The first-order chi connectivity index (χ1) is 9.83. The molecule has 1 atom stereocenters. The molecule has 3 N–H and O–H groups in total. The summed E-state index contributed by atoms with van der Waals surface area (Å²) in [5.41, 5.74) is 6.04. The van der Waals surface area contributed by atoms with Gasteiger partial charge in [0.25, 0.3) is 0 Å². The lowest BCUT2D eigenvalue weighted by Crippen LogP contribution is -2.27. The molecule has 1 aliphatic rings. The van der Waals surface area contributed by atoms with Gasteiger partial charge in [-0.15, -0.1) is 0 Å². The van der Waals surface area contributed by atoms with E-state index in [0.29, 0.717) is 12.0 Å². The first-order valence-corrected chi connectivity index (χ1v) is 7.33. The van der Waals surface area contributed by atoms with E-state index in [-0.39, 0.29) is 16.9 Å². The van der Waals surface area contributed by atoms with Crippen molar-refractivity contribution >= 4 is 17.6 Å². The molecule has 0 heterocycles. The number of carbonyl (C=O) groups is 1. The molecule has 1 aromatic carbocycles. The number of aliphatic carboxylic acids is 1. The second-order valence-corrected chi connectivity index (χ2v) is 6.28. The maximum atomic E-state index is 13.4. The molecule has 1 saturated carbocycles. The molecule has 0 amide bonds. The van der Waals surface area contributed by atoms with Crippen LogP contribution in [0.2, 0.25) is 5.02 Å². The molecule has 0 bridgehead atoms. The average Bonchev–Trinajstić information content (AvgIpc) is 2.80. The molecule has 1 aromatic rings. The molecular weight excluding hydrogens is 300 g/mol. The summed E-state index contributed by atoms with van der Waals surface area (Å²) in [6.45, 7) is 0. The van der Waals surface area contributed by atoms with Crippen molar-refractivity contribution in [2.75, 3.05) is 0 Å². The minimum Gasteiger partial charge on any atom is -0.481 e. The van der Waals surface area contributed by atoms with Crippen molar-refractivity contribution in [3.05, 3.63) is 34.4 Å². The molecule has 6 heteroatoms. The normalized spacial score (nSPS) is 18.7. The van der Waals surface area contributed by atoms with Crippen molar-refractivity contribution in [3.63, 3.8) is 0 Å². The molecule has 0 aromatic heterocycles. The van der Waals surface area contributed by atoms with Crippen LogP contribution in [-0.2, 0) is 4.79 Å². The number of carboxylic acids is 1. The van der Waals surface area contributed by atoms with Gasteiger partial charge in [-0.1, -0.05) is 24.4 Å². The van der Waals surface area contributed by atoms with E-state index < -0.39 is 23.6 Å². The molecule has 1 aliphatic carbocycles. The van der Waals surface area contributed by atoms with Gasteiger partial charge in [0.2, 0.25) is 0 Å². The molecule has 3 nitrogen and oxygen atoms in total. The Morgan fingerprint density at radius 2 is 1.90 bits per heavy atom. The third-order valence-corrected chi connectivity index (χ3v) is 4.61. The third kappa shape index (κ3) is 3.71. The van der Waals surface area contributed by atoms with Gasteiger partial charge in [-0.3, -0.25) is 4.79 Å². The number of halogens is 3. The van der Waals surface area contributed by atoms with E-state index in [4.69, 9.17) is 22.4 Å². The molecule has 0 saturated heterocycles. The Labute approximate surface area is 127 Å². The first kappa shape index (κ1) is 16.2. The van der Waals surface area contributed by atoms with Crippen LogP contribution >= 0.6 is 11.6 Å². The largest absolute Gasteiger partial charge is 0.481 e. The van der Waals surface area contributed by atoms with Gasteiger partial charge in [-0.25, -0.2) is 8.78 Å². The Kier molecular flexibility index (Phi) is 4.84. The lowest BCUT2D eigenvalue weighted by Gasteiger charge is -2.30. The van der Waals surface area contributed by atoms with Crippen LogP contribution in [0.1, 0.15) is 50.1 Å². The van der Waals surface area contributed by atoms with Crippen LogP contribution in [0, 0.1) is 17.0 Å². The highest BCUT2D eigenvalue weighted by molar-refractivity contribution is 6.31. The Balaban J connectivity index is 2.21. The summed E-state index contributed by atoms with van der Waals surface area (Å²) in [4.78, 5) is 11.1. The molecule has 116 valence electrons. The fraction of sp³-hybridized carbons (Fsp3) is 0.533. The van der Waals surface area contributed by atoms with E-state index in [1.54, 1.807) is 0 Å². The van der Waals surface area contributed by atoms with Crippen LogP contribution < -0.4 is 5.73 Å². The fourth-order valence-electron chi connectivity index (χ4n) is 3.30. The van der Waals surface area contributed by atoms with Gasteiger partial charge < -0.3 is 10.8 Å². The first-order valence-electron chi connectivity index (χ1n) is 6.95. The van der Waals surface area contributed by atoms with E-state index >= 15 is 0 Å². The molecule has 0 spiro atoms. The summed E-state index contributed by atoms with van der Waals surface area (Å²) < 4.78 is 26.5. The maximum absolute atomic E-state index is 13.4. The van der Waals surface area contributed by atoms with Crippen molar-refractivity contribution < 1.29 is 18.7 Å². The summed E-state index contributed by atoms with van der Waals surface area (Å²) in [5.74, 6) is -2.87. The van der Waals surface area contributed by atoms with Gasteiger partial charge in [0.05, 0.1) is 6.42 Å². The highest BCUT2D eigenvalue weighted by Gasteiger charge is 2.38. The average molecular weight is 318 g/mol. The Morgan fingerprint density at radius 3 is 2.48 bits per heavy atom. The number of nitrogens with two attached hydrogens (primary N) is 1. The van der Waals surface area contributed by atoms with Gasteiger partial charge in [-0.05, 0) is 42.4 Å². The highest BCUT2D eigenvalue weighted by atomic mass is 35.5. The molecule has 0 aliphatic heterocycles. The summed E-state index contributed by atoms with van der Waals surface area (Å²) >= 11 is 5.93. The van der Waals surface area contributed by atoms with E-state index in [0.717, 1.165) is 37.8 Å². The summed E-state index contributed by atoms with van der Waals surface area (Å²) in [6.07, 6.45) is 3.95. The number of hydrogen-bond acceptors (Lipinski definition) is 2. The minimum absolute atomic E-state index is 0.0436. The van der Waals surface area contributed by atoms with Gasteiger partial charge >= 0.3 is 5.97 Å². The Hall–Kier alpha value is -1.20. The topological polar surface area (TPSA) is 63.3 Å². The lowest BCUT2D eigenvalue weighted by atomic mass is 9.76. The minimum atomic E-state index is -1.02. The zero-order chi connectivity index (χ0) is 15.6. The monoisotopic (exact) mass is 317 g/mol. The number of hydrogen-bond donors (Lipinski definition) is 2. The smallest absolute Gasteiger partial charge is 0.303 e. The second kappa shape index (κ2) is 6.28. The molecule has 1 unspecified atom stereocenters. The zero-order valence-corrected chi connectivity index (χ0v) is 12.3. The van der Waals surface area contributed by atoms with E-state index in [9.17, 15) is 13.6 Å². The van der Waals surface area contributed by atoms with E-state index in [1.165, 1.54) is 0 Å².